The van der Waals surface area contributed by atoms with Crippen molar-refractivity contribution in [1.29, 1.82) is 0 Å². The third kappa shape index (κ3) is 4.52. The standard InChI is InChI=1S/C24H26N4O6/c1-26-14-11-25-24(26)22(29)16-7-8-18(19(15-16)28(30)31)27-12-9-17(10-13-27)34-23-20(32-2)5-4-6-21(23)33-3/h4-8,11,14-15,17H,9-10,12-13H2,1-3H3. The van der Waals surface area contributed by atoms with E-state index in [9.17, 15) is 14.9 Å². The van der Waals surface area contributed by atoms with Gasteiger partial charge in [-0.05, 0) is 24.3 Å². The van der Waals surface area contributed by atoms with Crippen LogP contribution in [0, 0.1) is 10.1 Å². The fourth-order valence-corrected chi connectivity index (χ4v) is 4.11. The third-order valence-corrected chi connectivity index (χ3v) is 5.91. The number of aryl methyl sites for hydroxylation is 1. The maximum absolute atomic E-state index is 12.8. The summed E-state index contributed by atoms with van der Waals surface area (Å²) in [5.41, 5.74) is 0.603. The molecule has 0 spiro atoms. The molecule has 0 amide bonds. The average Bonchev–Trinajstić information content (AvgIpc) is 3.29. The topological polar surface area (TPSA) is 109 Å². The number of ketones is 1. The SMILES string of the molecule is COc1cccc(OC)c1OC1CCN(c2ccc(C(=O)c3nccn3C)cc2[N+](=O)[O-])CC1. The molecule has 2 heterocycles. The summed E-state index contributed by atoms with van der Waals surface area (Å²) in [6.07, 6.45) is 4.40. The predicted molar refractivity (Wildman–Crippen MR) is 125 cm³/mol. The van der Waals surface area contributed by atoms with E-state index in [1.807, 2.05) is 23.1 Å². The molecular weight excluding hydrogens is 440 g/mol. The molecule has 0 atom stereocenters. The number of nitrogens with zero attached hydrogens (tertiary/aromatic N) is 4. The number of anilines is 1. The number of imidazole rings is 1. The van der Waals surface area contributed by atoms with Crippen molar-refractivity contribution >= 4 is 17.2 Å². The Kier molecular flexibility index (Phi) is 6.67. The number of aromatic nitrogens is 2. The minimum Gasteiger partial charge on any atom is -0.493 e. The molecule has 10 nitrogen and oxygen atoms in total. The second-order valence-corrected chi connectivity index (χ2v) is 7.95. The van der Waals surface area contributed by atoms with E-state index < -0.39 is 4.92 Å². The summed E-state index contributed by atoms with van der Waals surface area (Å²) in [4.78, 5) is 30.1. The molecule has 0 radical (unpaired) electrons. The molecule has 34 heavy (non-hydrogen) atoms. The number of piperidine rings is 1. The first kappa shape index (κ1) is 23.1. The fourth-order valence-electron chi connectivity index (χ4n) is 4.11. The zero-order valence-electron chi connectivity index (χ0n) is 19.3. The van der Waals surface area contributed by atoms with Crippen molar-refractivity contribution in [2.24, 2.45) is 7.05 Å². The van der Waals surface area contributed by atoms with E-state index in [0.29, 0.717) is 48.9 Å². The van der Waals surface area contributed by atoms with Crippen molar-refractivity contribution in [3.63, 3.8) is 0 Å². The first-order valence-electron chi connectivity index (χ1n) is 10.9. The van der Waals surface area contributed by atoms with E-state index in [4.69, 9.17) is 14.2 Å². The Morgan fingerprint density at radius 1 is 1.12 bits per heavy atom. The van der Waals surface area contributed by atoms with Gasteiger partial charge in [-0.15, -0.1) is 0 Å². The van der Waals surface area contributed by atoms with Gasteiger partial charge in [0.1, 0.15) is 11.8 Å². The number of ether oxygens (including phenoxy) is 3. The molecule has 1 saturated heterocycles. The van der Waals surface area contributed by atoms with E-state index in [1.165, 1.54) is 12.3 Å². The van der Waals surface area contributed by atoms with Crippen LogP contribution < -0.4 is 19.1 Å². The van der Waals surface area contributed by atoms with Crippen molar-refractivity contribution in [2.75, 3.05) is 32.2 Å². The normalized spacial score (nSPS) is 14.0. The van der Waals surface area contributed by atoms with Gasteiger partial charge in [-0.1, -0.05) is 6.07 Å². The lowest BCUT2D eigenvalue weighted by atomic mass is 10.0. The molecule has 2 aromatic carbocycles. The lowest BCUT2D eigenvalue weighted by Crippen LogP contribution is -2.38. The molecule has 0 unspecified atom stereocenters. The average molecular weight is 466 g/mol. The monoisotopic (exact) mass is 466 g/mol. The number of hydrogen-bond donors (Lipinski definition) is 0. The van der Waals surface area contributed by atoms with E-state index in [2.05, 4.69) is 4.98 Å². The number of para-hydroxylation sites is 1. The van der Waals surface area contributed by atoms with Crippen LogP contribution in [0.15, 0.2) is 48.8 Å². The molecule has 1 fully saturated rings. The number of nitro groups is 1. The number of methoxy groups -OCH3 is 2. The number of carbonyl (C=O) groups is 1. The number of benzene rings is 2. The molecule has 178 valence electrons. The van der Waals surface area contributed by atoms with Gasteiger partial charge in [0.15, 0.2) is 17.3 Å². The van der Waals surface area contributed by atoms with Crippen molar-refractivity contribution in [3.05, 3.63) is 70.3 Å². The van der Waals surface area contributed by atoms with E-state index in [0.717, 1.165) is 0 Å². The van der Waals surface area contributed by atoms with Gasteiger partial charge in [-0.2, -0.15) is 0 Å². The summed E-state index contributed by atoms with van der Waals surface area (Å²) in [5.74, 6) is 1.59. The Morgan fingerprint density at radius 2 is 1.79 bits per heavy atom. The second-order valence-electron chi connectivity index (χ2n) is 7.95. The molecule has 0 aliphatic carbocycles. The zero-order chi connectivity index (χ0) is 24.2. The van der Waals surface area contributed by atoms with Crippen molar-refractivity contribution in [3.8, 4) is 17.2 Å². The van der Waals surface area contributed by atoms with Crippen LogP contribution >= 0.6 is 0 Å². The van der Waals surface area contributed by atoms with Crippen LogP contribution in [-0.4, -0.2) is 53.7 Å². The van der Waals surface area contributed by atoms with Gasteiger partial charge < -0.3 is 23.7 Å². The van der Waals surface area contributed by atoms with Gasteiger partial charge in [0, 0.05) is 57.0 Å². The quantitative estimate of drug-likeness (QED) is 0.281. The van der Waals surface area contributed by atoms with Gasteiger partial charge >= 0.3 is 0 Å². The lowest BCUT2D eigenvalue weighted by Gasteiger charge is -2.33. The van der Waals surface area contributed by atoms with Gasteiger partial charge in [-0.25, -0.2) is 4.98 Å². The Bertz CT molecular complexity index is 1180. The highest BCUT2D eigenvalue weighted by atomic mass is 16.6. The lowest BCUT2D eigenvalue weighted by molar-refractivity contribution is -0.384. The fraction of sp³-hybridized carbons (Fsp3) is 0.333. The molecule has 1 aliphatic rings. The largest absolute Gasteiger partial charge is 0.493 e. The first-order chi connectivity index (χ1) is 16.4. The van der Waals surface area contributed by atoms with Crippen LogP contribution in [0.5, 0.6) is 17.2 Å². The molecule has 10 heteroatoms. The smallest absolute Gasteiger partial charge is 0.293 e. The molecule has 0 bridgehead atoms. The highest BCUT2D eigenvalue weighted by molar-refractivity contribution is 6.07. The zero-order valence-corrected chi connectivity index (χ0v) is 19.3. The van der Waals surface area contributed by atoms with Crippen molar-refractivity contribution < 1.29 is 23.9 Å². The van der Waals surface area contributed by atoms with Crippen LogP contribution in [0.4, 0.5) is 11.4 Å². The van der Waals surface area contributed by atoms with E-state index in [-0.39, 0.29) is 29.0 Å². The Morgan fingerprint density at radius 3 is 2.35 bits per heavy atom. The Hall–Kier alpha value is -4.08. The minimum atomic E-state index is -0.452. The summed E-state index contributed by atoms with van der Waals surface area (Å²) in [5, 5.41) is 11.8. The third-order valence-electron chi connectivity index (χ3n) is 5.91. The maximum Gasteiger partial charge on any atom is 0.293 e. The van der Waals surface area contributed by atoms with Crippen molar-refractivity contribution in [2.45, 2.75) is 18.9 Å². The molecule has 1 aromatic heterocycles. The van der Waals surface area contributed by atoms with Gasteiger partial charge in [0.05, 0.1) is 19.1 Å². The van der Waals surface area contributed by atoms with Crippen LogP contribution in [0.1, 0.15) is 29.0 Å². The number of hydrogen-bond acceptors (Lipinski definition) is 8. The van der Waals surface area contributed by atoms with Gasteiger partial charge in [-0.3, -0.25) is 14.9 Å². The molecular formula is C24H26N4O6. The summed E-state index contributed by atoms with van der Waals surface area (Å²) >= 11 is 0. The Balaban J connectivity index is 1.50. The van der Waals surface area contributed by atoms with E-state index >= 15 is 0 Å². The first-order valence-corrected chi connectivity index (χ1v) is 10.9. The van der Waals surface area contributed by atoms with E-state index in [1.54, 1.807) is 44.2 Å². The van der Waals surface area contributed by atoms with Crippen molar-refractivity contribution in [1.82, 2.24) is 9.55 Å². The van der Waals surface area contributed by atoms with Crippen LogP contribution in [-0.2, 0) is 7.05 Å². The number of carbonyl (C=O) groups excluding carboxylic acids is 1. The summed E-state index contributed by atoms with van der Waals surface area (Å²) in [6, 6.07) is 10.0. The summed E-state index contributed by atoms with van der Waals surface area (Å²) in [6.45, 7) is 1.13. The maximum atomic E-state index is 12.8. The van der Waals surface area contributed by atoms with Crippen LogP contribution in [0.2, 0.25) is 0 Å². The number of rotatable bonds is 8. The van der Waals surface area contributed by atoms with Crippen LogP contribution in [0.25, 0.3) is 0 Å². The molecule has 0 saturated carbocycles. The Labute approximate surface area is 196 Å². The molecule has 0 N–H and O–H groups in total. The van der Waals surface area contributed by atoms with Gasteiger partial charge in [0.25, 0.3) is 5.69 Å². The minimum absolute atomic E-state index is 0.0928. The highest BCUT2D eigenvalue weighted by Crippen LogP contribution is 2.39. The second kappa shape index (κ2) is 9.82. The molecule has 4 rings (SSSR count). The van der Waals surface area contributed by atoms with Gasteiger partial charge in [0.2, 0.25) is 11.5 Å². The number of nitro benzene ring substituents is 1. The predicted octanol–water partition coefficient (Wildman–Crippen LogP) is 3.62. The highest BCUT2D eigenvalue weighted by Gasteiger charge is 2.28. The molecule has 1 aliphatic heterocycles. The van der Waals surface area contributed by atoms with Crippen LogP contribution in [0.3, 0.4) is 0 Å². The molecule has 3 aromatic rings. The summed E-state index contributed by atoms with van der Waals surface area (Å²) < 4.78 is 18.6. The summed E-state index contributed by atoms with van der Waals surface area (Å²) in [7, 11) is 4.85.